The first-order valence-corrected chi connectivity index (χ1v) is 6.21. The Morgan fingerprint density at radius 3 is 2.26 bits per heavy atom. The number of benzene rings is 2. The first-order valence-electron chi connectivity index (χ1n) is 6.21. The fourth-order valence-electron chi connectivity index (χ4n) is 2.32. The summed E-state index contributed by atoms with van der Waals surface area (Å²) in [7, 11) is 1.57. The zero-order valence-electron chi connectivity index (χ0n) is 11.5. The minimum Gasteiger partial charge on any atom is -0.497 e. The molecular weight excluding hydrogens is 241 g/mol. The van der Waals surface area contributed by atoms with Crippen molar-refractivity contribution in [2.45, 2.75) is 20.4 Å². The molecule has 0 aromatic heterocycles. The number of hydrogen-bond acceptors (Lipinski definition) is 2. The molecule has 2 nitrogen and oxygen atoms in total. The highest BCUT2D eigenvalue weighted by atomic mass is 19.1. The second kappa shape index (κ2) is 5.41. The fourth-order valence-corrected chi connectivity index (χ4v) is 2.32. The first-order chi connectivity index (χ1) is 9.06. The Bertz CT molecular complexity index is 585. The summed E-state index contributed by atoms with van der Waals surface area (Å²) >= 11 is 0. The Morgan fingerprint density at radius 1 is 1.11 bits per heavy atom. The van der Waals surface area contributed by atoms with Gasteiger partial charge in [-0.1, -0.05) is 12.1 Å². The van der Waals surface area contributed by atoms with Crippen LogP contribution in [0.5, 0.6) is 5.75 Å². The molecule has 2 rings (SSSR count). The normalized spacial score (nSPS) is 10.6. The van der Waals surface area contributed by atoms with Crippen LogP contribution in [0.15, 0.2) is 30.3 Å². The average molecular weight is 259 g/mol. The van der Waals surface area contributed by atoms with Crippen molar-refractivity contribution in [2.24, 2.45) is 5.73 Å². The Hall–Kier alpha value is -1.87. The van der Waals surface area contributed by atoms with Crippen molar-refractivity contribution in [3.8, 4) is 16.9 Å². The molecular formula is C16H18FNO. The van der Waals surface area contributed by atoms with E-state index in [1.54, 1.807) is 19.2 Å². The topological polar surface area (TPSA) is 35.2 Å². The summed E-state index contributed by atoms with van der Waals surface area (Å²) in [6, 6.07) is 8.69. The van der Waals surface area contributed by atoms with Crippen LogP contribution in [0.2, 0.25) is 0 Å². The molecule has 19 heavy (non-hydrogen) atoms. The van der Waals surface area contributed by atoms with Crippen LogP contribution >= 0.6 is 0 Å². The van der Waals surface area contributed by atoms with Crippen molar-refractivity contribution in [3.63, 3.8) is 0 Å². The zero-order valence-corrected chi connectivity index (χ0v) is 11.5. The predicted octanol–water partition coefficient (Wildman–Crippen LogP) is 3.58. The highest BCUT2D eigenvalue weighted by Gasteiger charge is 2.10. The Balaban J connectivity index is 2.59. The van der Waals surface area contributed by atoms with Gasteiger partial charge in [-0.05, 0) is 54.3 Å². The number of halogens is 1. The monoisotopic (exact) mass is 259 g/mol. The van der Waals surface area contributed by atoms with Gasteiger partial charge in [-0.25, -0.2) is 4.39 Å². The van der Waals surface area contributed by atoms with Crippen molar-refractivity contribution in [3.05, 3.63) is 52.8 Å². The average Bonchev–Trinajstić information content (AvgIpc) is 2.39. The van der Waals surface area contributed by atoms with Gasteiger partial charge in [0, 0.05) is 12.1 Å². The summed E-state index contributed by atoms with van der Waals surface area (Å²) in [5.41, 5.74) is 10.4. The van der Waals surface area contributed by atoms with Crippen LogP contribution in [0.25, 0.3) is 11.1 Å². The third-order valence-electron chi connectivity index (χ3n) is 3.38. The number of rotatable bonds is 3. The third-order valence-corrected chi connectivity index (χ3v) is 3.38. The van der Waals surface area contributed by atoms with Gasteiger partial charge in [0.25, 0.3) is 0 Å². The summed E-state index contributed by atoms with van der Waals surface area (Å²) in [6.45, 7) is 4.49. The van der Waals surface area contributed by atoms with E-state index in [4.69, 9.17) is 10.5 Å². The lowest BCUT2D eigenvalue weighted by Gasteiger charge is -2.12. The van der Waals surface area contributed by atoms with Gasteiger partial charge in [0.05, 0.1) is 7.11 Å². The van der Waals surface area contributed by atoms with Crippen molar-refractivity contribution >= 4 is 0 Å². The number of aryl methyl sites for hydroxylation is 2. The van der Waals surface area contributed by atoms with Crippen LogP contribution in [0.4, 0.5) is 4.39 Å². The maximum Gasteiger partial charge on any atom is 0.131 e. The lowest BCUT2D eigenvalue weighted by molar-refractivity contribution is 0.414. The van der Waals surface area contributed by atoms with Crippen molar-refractivity contribution in [1.29, 1.82) is 0 Å². The van der Waals surface area contributed by atoms with Gasteiger partial charge in [-0.2, -0.15) is 0 Å². The lowest BCUT2D eigenvalue weighted by atomic mass is 9.95. The molecule has 2 N–H and O–H groups in total. The van der Waals surface area contributed by atoms with Gasteiger partial charge in [0.1, 0.15) is 11.6 Å². The highest BCUT2D eigenvalue weighted by molar-refractivity contribution is 5.68. The molecule has 0 amide bonds. The Labute approximate surface area is 113 Å². The number of methoxy groups -OCH3 is 1. The summed E-state index contributed by atoms with van der Waals surface area (Å²) < 4.78 is 19.1. The van der Waals surface area contributed by atoms with Crippen molar-refractivity contribution < 1.29 is 9.13 Å². The molecule has 0 fully saturated rings. The maximum absolute atomic E-state index is 14.0. The molecule has 0 heterocycles. The van der Waals surface area contributed by atoms with E-state index in [-0.39, 0.29) is 5.82 Å². The van der Waals surface area contributed by atoms with Crippen LogP contribution in [0.1, 0.15) is 16.7 Å². The molecule has 3 heteroatoms. The van der Waals surface area contributed by atoms with E-state index in [1.807, 2.05) is 26.0 Å². The van der Waals surface area contributed by atoms with Gasteiger partial charge in [-0.15, -0.1) is 0 Å². The number of ether oxygens (including phenoxy) is 1. The number of hydrogen-bond donors (Lipinski definition) is 1. The largest absolute Gasteiger partial charge is 0.497 e. The van der Waals surface area contributed by atoms with Crippen LogP contribution in [0.3, 0.4) is 0 Å². The molecule has 0 atom stereocenters. The minimum atomic E-state index is -0.250. The third kappa shape index (κ3) is 2.61. The molecule has 0 unspecified atom stereocenters. The van der Waals surface area contributed by atoms with Gasteiger partial charge in [-0.3, -0.25) is 0 Å². The van der Waals surface area contributed by atoms with Gasteiger partial charge in [0.15, 0.2) is 0 Å². The molecule has 0 aliphatic carbocycles. The van der Waals surface area contributed by atoms with Gasteiger partial charge in [0.2, 0.25) is 0 Å². The van der Waals surface area contributed by atoms with E-state index in [2.05, 4.69) is 0 Å². The van der Waals surface area contributed by atoms with E-state index in [9.17, 15) is 4.39 Å². The summed E-state index contributed by atoms with van der Waals surface area (Å²) in [4.78, 5) is 0. The zero-order chi connectivity index (χ0) is 14.0. The quantitative estimate of drug-likeness (QED) is 0.914. The second-order valence-electron chi connectivity index (χ2n) is 4.64. The predicted molar refractivity (Wildman–Crippen MR) is 75.8 cm³/mol. The molecule has 0 spiro atoms. The SMILES string of the molecule is COc1ccc(F)c(-c2cc(C)c(CN)c(C)c2)c1. The molecule has 0 saturated heterocycles. The van der Waals surface area contributed by atoms with Gasteiger partial charge >= 0.3 is 0 Å². The van der Waals surface area contributed by atoms with E-state index < -0.39 is 0 Å². The summed E-state index contributed by atoms with van der Waals surface area (Å²) in [6.07, 6.45) is 0. The number of nitrogens with two attached hydrogens (primary N) is 1. The Kier molecular flexibility index (Phi) is 3.86. The standard InChI is InChI=1S/C16H18FNO/c1-10-6-12(7-11(2)15(10)9-18)14-8-13(19-3)4-5-16(14)17/h4-8H,9,18H2,1-3H3. The van der Waals surface area contributed by atoms with E-state index in [0.717, 1.165) is 22.3 Å². The second-order valence-corrected chi connectivity index (χ2v) is 4.64. The summed E-state index contributed by atoms with van der Waals surface area (Å²) in [5, 5.41) is 0. The molecule has 0 aliphatic heterocycles. The Morgan fingerprint density at radius 2 is 1.74 bits per heavy atom. The molecule has 0 aliphatic rings. The molecule has 2 aromatic carbocycles. The smallest absolute Gasteiger partial charge is 0.131 e. The lowest BCUT2D eigenvalue weighted by Crippen LogP contribution is -2.02. The van der Waals surface area contributed by atoms with E-state index in [0.29, 0.717) is 17.9 Å². The maximum atomic E-state index is 14.0. The molecule has 2 aromatic rings. The first kappa shape index (κ1) is 13.6. The van der Waals surface area contributed by atoms with Crippen molar-refractivity contribution in [1.82, 2.24) is 0 Å². The van der Waals surface area contributed by atoms with Crippen LogP contribution in [0, 0.1) is 19.7 Å². The van der Waals surface area contributed by atoms with Crippen LogP contribution in [-0.2, 0) is 6.54 Å². The molecule has 0 saturated carbocycles. The molecule has 0 bridgehead atoms. The molecule has 0 radical (unpaired) electrons. The minimum absolute atomic E-state index is 0.250. The van der Waals surface area contributed by atoms with E-state index in [1.165, 1.54) is 6.07 Å². The van der Waals surface area contributed by atoms with Crippen LogP contribution < -0.4 is 10.5 Å². The molecule has 100 valence electrons. The van der Waals surface area contributed by atoms with Crippen molar-refractivity contribution in [2.75, 3.05) is 7.11 Å². The van der Waals surface area contributed by atoms with Crippen LogP contribution in [-0.4, -0.2) is 7.11 Å². The fraction of sp³-hybridized carbons (Fsp3) is 0.250. The highest BCUT2D eigenvalue weighted by Crippen LogP contribution is 2.30. The summed E-state index contributed by atoms with van der Waals surface area (Å²) in [5.74, 6) is 0.398. The van der Waals surface area contributed by atoms with E-state index >= 15 is 0 Å². The van der Waals surface area contributed by atoms with Gasteiger partial charge < -0.3 is 10.5 Å².